The SMILES string of the molecule is CCCNC(c1ccc(Cl)s1)c1cc(F)c(Br)cc1F. The van der Waals surface area contributed by atoms with E-state index in [-0.39, 0.29) is 10.0 Å². The summed E-state index contributed by atoms with van der Waals surface area (Å²) < 4.78 is 28.6. The zero-order valence-electron chi connectivity index (χ0n) is 10.7. The lowest BCUT2D eigenvalue weighted by molar-refractivity contribution is 0.536. The number of hydrogen-bond acceptors (Lipinski definition) is 2. The zero-order valence-corrected chi connectivity index (χ0v) is 13.9. The molecule has 0 aliphatic heterocycles. The molecule has 2 rings (SSSR count). The fraction of sp³-hybridized carbons (Fsp3) is 0.286. The predicted molar refractivity (Wildman–Crippen MR) is 83.5 cm³/mol. The van der Waals surface area contributed by atoms with Crippen LogP contribution in [0, 0.1) is 11.6 Å². The topological polar surface area (TPSA) is 12.0 Å². The molecule has 0 amide bonds. The molecule has 0 aliphatic rings. The van der Waals surface area contributed by atoms with Gasteiger partial charge in [0, 0.05) is 10.4 Å². The van der Waals surface area contributed by atoms with Gasteiger partial charge in [-0.15, -0.1) is 11.3 Å². The molecule has 0 radical (unpaired) electrons. The molecule has 0 saturated heterocycles. The molecule has 1 aromatic heterocycles. The van der Waals surface area contributed by atoms with Crippen molar-refractivity contribution in [2.24, 2.45) is 0 Å². The molecule has 1 N–H and O–H groups in total. The summed E-state index contributed by atoms with van der Waals surface area (Å²) in [6, 6.07) is 5.57. The molecule has 20 heavy (non-hydrogen) atoms. The molecule has 1 unspecified atom stereocenters. The van der Waals surface area contributed by atoms with Crippen LogP contribution >= 0.6 is 38.9 Å². The van der Waals surface area contributed by atoms with Crippen molar-refractivity contribution in [2.75, 3.05) is 6.54 Å². The molecule has 0 bridgehead atoms. The molecule has 1 heterocycles. The first-order valence-corrected chi connectivity index (χ1v) is 8.14. The lowest BCUT2D eigenvalue weighted by atomic mass is 10.0. The minimum Gasteiger partial charge on any atom is -0.306 e. The summed E-state index contributed by atoms with van der Waals surface area (Å²) in [5.74, 6) is -0.927. The Morgan fingerprint density at radius 1 is 1.30 bits per heavy atom. The van der Waals surface area contributed by atoms with Crippen LogP contribution in [0.25, 0.3) is 0 Å². The van der Waals surface area contributed by atoms with Crippen molar-refractivity contribution in [2.45, 2.75) is 19.4 Å². The van der Waals surface area contributed by atoms with Crippen LogP contribution in [0.4, 0.5) is 8.78 Å². The molecule has 1 aromatic carbocycles. The van der Waals surface area contributed by atoms with Gasteiger partial charge < -0.3 is 5.32 Å². The van der Waals surface area contributed by atoms with Gasteiger partial charge in [0.15, 0.2) is 0 Å². The first-order chi connectivity index (χ1) is 9.52. The van der Waals surface area contributed by atoms with Crippen LogP contribution in [-0.2, 0) is 0 Å². The Hall–Kier alpha value is -0.490. The first-order valence-electron chi connectivity index (χ1n) is 6.16. The van der Waals surface area contributed by atoms with Gasteiger partial charge in [0.25, 0.3) is 0 Å². The number of rotatable bonds is 5. The Labute approximate surface area is 134 Å². The number of halogens is 4. The molecule has 0 saturated carbocycles. The summed E-state index contributed by atoms with van der Waals surface area (Å²) in [5, 5.41) is 3.23. The fourth-order valence-corrected chi connectivity index (χ4v) is 3.37. The highest BCUT2D eigenvalue weighted by Crippen LogP contribution is 2.33. The highest BCUT2D eigenvalue weighted by molar-refractivity contribution is 9.10. The molecule has 0 spiro atoms. The molecule has 108 valence electrons. The van der Waals surface area contributed by atoms with Crippen molar-refractivity contribution in [1.29, 1.82) is 0 Å². The molecular formula is C14H13BrClF2NS. The second-order valence-electron chi connectivity index (χ2n) is 4.32. The molecule has 6 heteroatoms. The predicted octanol–water partition coefficient (Wildman–Crippen LogP) is 5.53. The van der Waals surface area contributed by atoms with E-state index in [1.165, 1.54) is 17.4 Å². The van der Waals surface area contributed by atoms with Gasteiger partial charge in [-0.3, -0.25) is 0 Å². The van der Waals surface area contributed by atoms with Crippen LogP contribution in [0.2, 0.25) is 4.34 Å². The number of thiophene rings is 1. The van der Waals surface area contributed by atoms with Crippen LogP contribution in [0.15, 0.2) is 28.7 Å². The smallest absolute Gasteiger partial charge is 0.137 e. The van der Waals surface area contributed by atoms with Crippen molar-refractivity contribution < 1.29 is 8.78 Å². The van der Waals surface area contributed by atoms with Gasteiger partial charge in [-0.1, -0.05) is 18.5 Å². The Bertz CT molecular complexity index is 603. The van der Waals surface area contributed by atoms with E-state index < -0.39 is 17.7 Å². The monoisotopic (exact) mass is 379 g/mol. The quantitative estimate of drug-likeness (QED) is 0.672. The number of benzene rings is 1. The third kappa shape index (κ3) is 3.58. The maximum atomic E-state index is 14.1. The minimum absolute atomic E-state index is 0.122. The largest absolute Gasteiger partial charge is 0.306 e. The molecule has 1 nitrogen and oxygen atoms in total. The summed E-state index contributed by atoms with van der Waals surface area (Å²) in [6.07, 6.45) is 0.899. The summed E-state index contributed by atoms with van der Waals surface area (Å²) in [4.78, 5) is 0.865. The Morgan fingerprint density at radius 2 is 2.05 bits per heavy atom. The Kier molecular flexibility index (Phi) is 5.55. The minimum atomic E-state index is -0.479. The maximum Gasteiger partial charge on any atom is 0.137 e. The van der Waals surface area contributed by atoms with E-state index in [0.29, 0.717) is 10.9 Å². The molecule has 0 fully saturated rings. The van der Waals surface area contributed by atoms with Crippen LogP contribution in [0.5, 0.6) is 0 Å². The third-order valence-corrected chi connectivity index (χ3v) is 4.73. The van der Waals surface area contributed by atoms with Crippen molar-refractivity contribution in [3.05, 3.63) is 55.1 Å². The lowest BCUT2D eigenvalue weighted by Crippen LogP contribution is -2.23. The summed E-state index contributed by atoms with van der Waals surface area (Å²) in [7, 11) is 0. The van der Waals surface area contributed by atoms with Crippen molar-refractivity contribution >= 4 is 38.9 Å². The van der Waals surface area contributed by atoms with Gasteiger partial charge in [-0.05, 0) is 53.2 Å². The van der Waals surface area contributed by atoms with Crippen LogP contribution in [0.1, 0.15) is 29.8 Å². The van der Waals surface area contributed by atoms with E-state index in [2.05, 4.69) is 21.2 Å². The Morgan fingerprint density at radius 3 is 2.65 bits per heavy atom. The van der Waals surface area contributed by atoms with E-state index in [4.69, 9.17) is 11.6 Å². The summed E-state index contributed by atoms with van der Waals surface area (Å²) in [6.45, 7) is 2.72. The van der Waals surface area contributed by atoms with Crippen molar-refractivity contribution in [1.82, 2.24) is 5.32 Å². The highest BCUT2D eigenvalue weighted by Gasteiger charge is 2.21. The van der Waals surface area contributed by atoms with E-state index in [0.717, 1.165) is 17.4 Å². The summed E-state index contributed by atoms with van der Waals surface area (Å²) in [5.41, 5.74) is 0.290. The molecular weight excluding hydrogens is 368 g/mol. The standard InChI is InChI=1S/C14H13BrClF2NS/c1-2-5-19-14(12-3-4-13(16)20-12)8-6-11(18)9(15)7-10(8)17/h3-4,6-7,14,19H,2,5H2,1H3. The van der Waals surface area contributed by atoms with Crippen LogP contribution in [0.3, 0.4) is 0 Å². The molecule has 0 aliphatic carbocycles. The average molecular weight is 381 g/mol. The fourth-order valence-electron chi connectivity index (χ4n) is 1.90. The van der Waals surface area contributed by atoms with E-state index in [1.54, 1.807) is 6.07 Å². The second-order valence-corrected chi connectivity index (χ2v) is 6.92. The van der Waals surface area contributed by atoms with Gasteiger partial charge in [0.2, 0.25) is 0 Å². The second kappa shape index (κ2) is 6.98. The van der Waals surface area contributed by atoms with Gasteiger partial charge in [0.1, 0.15) is 11.6 Å². The first kappa shape index (κ1) is 15.9. The van der Waals surface area contributed by atoms with Gasteiger partial charge in [-0.2, -0.15) is 0 Å². The van der Waals surface area contributed by atoms with Crippen molar-refractivity contribution in [3.8, 4) is 0 Å². The maximum absolute atomic E-state index is 14.1. The lowest BCUT2D eigenvalue weighted by Gasteiger charge is -2.18. The zero-order chi connectivity index (χ0) is 14.7. The van der Waals surface area contributed by atoms with E-state index in [9.17, 15) is 8.78 Å². The summed E-state index contributed by atoms with van der Waals surface area (Å²) >= 11 is 10.3. The van der Waals surface area contributed by atoms with E-state index in [1.807, 2.05) is 13.0 Å². The Balaban J connectivity index is 2.43. The normalized spacial score (nSPS) is 12.7. The number of hydrogen-bond donors (Lipinski definition) is 1. The van der Waals surface area contributed by atoms with Gasteiger partial charge in [-0.25, -0.2) is 8.78 Å². The highest BCUT2D eigenvalue weighted by atomic mass is 79.9. The van der Waals surface area contributed by atoms with Crippen LogP contribution < -0.4 is 5.32 Å². The van der Waals surface area contributed by atoms with Gasteiger partial charge in [0.05, 0.1) is 14.9 Å². The van der Waals surface area contributed by atoms with Crippen LogP contribution in [-0.4, -0.2) is 6.54 Å². The number of nitrogens with one attached hydrogen (secondary N) is 1. The third-order valence-electron chi connectivity index (χ3n) is 2.83. The van der Waals surface area contributed by atoms with Crippen molar-refractivity contribution in [3.63, 3.8) is 0 Å². The molecule has 2 aromatic rings. The van der Waals surface area contributed by atoms with E-state index >= 15 is 0 Å². The van der Waals surface area contributed by atoms with Gasteiger partial charge >= 0.3 is 0 Å². The average Bonchev–Trinajstić information content (AvgIpc) is 2.82. The molecule has 1 atom stereocenters.